The minimum Gasteiger partial charge on any atom is -0.336 e. The Morgan fingerprint density at radius 2 is 1.46 bits per heavy atom. The van der Waals surface area contributed by atoms with Crippen molar-refractivity contribution in [2.75, 3.05) is 31.9 Å². The van der Waals surface area contributed by atoms with Gasteiger partial charge in [-0.05, 0) is 12.1 Å². The fourth-order valence-electron chi connectivity index (χ4n) is 2.66. The van der Waals surface area contributed by atoms with Crippen LogP contribution >= 0.6 is 11.8 Å². The second-order valence-corrected chi connectivity index (χ2v) is 6.52. The number of imide groups is 2. The van der Waals surface area contributed by atoms with Gasteiger partial charge >= 0.3 is 6.03 Å². The zero-order valence-electron chi connectivity index (χ0n) is 13.7. The van der Waals surface area contributed by atoms with Gasteiger partial charge in [-0.3, -0.25) is 29.0 Å². The summed E-state index contributed by atoms with van der Waals surface area (Å²) < 4.78 is 0. The SMILES string of the molecule is O=C(NCCN1C(=O)CSC1=O)NCCN1C(=O)c2ccccc2C1=O. The van der Waals surface area contributed by atoms with Crippen LogP contribution in [-0.4, -0.2) is 70.7 Å². The first-order valence-corrected chi connectivity index (χ1v) is 8.91. The highest BCUT2D eigenvalue weighted by molar-refractivity contribution is 8.14. The number of hydrogen-bond acceptors (Lipinski definition) is 6. The van der Waals surface area contributed by atoms with E-state index in [0.29, 0.717) is 11.1 Å². The number of benzene rings is 1. The van der Waals surface area contributed by atoms with Gasteiger partial charge in [0.1, 0.15) is 0 Å². The van der Waals surface area contributed by atoms with Gasteiger partial charge in [-0.2, -0.15) is 0 Å². The number of amides is 6. The molecule has 0 aliphatic carbocycles. The normalized spacial score (nSPS) is 16.3. The third-order valence-electron chi connectivity index (χ3n) is 3.96. The Balaban J connectivity index is 1.39. The molecular weight excluding hydrogens is 360 g/mol. The number of thioether (sulfide) groups is 1. The average molecular weight is 376 g/mol. The molecule has 2 N–H and O–H groups in total. The van der Waals surface area contributed by atoms with Crippen LogP contribution in [0.3, 0.4) is 0 Å². The highest BCUT2D eigenvalue weighted by atomic mass is 32.2. The number of nitrogens with one attached hydrogen (secondary N) is 2. The first kappa shape index (κ1) is 17.9. The lowest BCUT2D eigenvalue weighted by Crippen LogP contribution is -2.44. The zero-order valence-corrected chi connectivity index (χ0v) is 14.5. The maximum Gasteiger partial charge on any atom is 0.314 e. The lowest BCUT2D eigenvalue weighted by Gasteiger charge is -2.15. The molecule has 0 bridgehead atoms. The molecule has 2 aliphatic rings. The second kappa shape index (κ2) is 7.56. The van der Waals surface area contributed by atoms with E-state index in [1.165, 1.54) is 0 Å². The van der Waals surface area contributed by atoms with Crippen molar-refractivity contribution >= 4 is 40.8 Å². The Labute approximate surface area is 153 Å². The summed E-state index contributed by atoms with van der Waals surface area (Å²) in [6.07, 6.45) is 0. The lowest BCUT2D eigenvalue weighted by molar-refractivity contribution is -0.124. The molecule has 0 saturated carbocycles. The first-order chi connectivity index (χ1) is 12.5. The Bertz CT molecular complexity index is 746. The molecule has 1 fully saturated rings. The predicted molar refractivity (Wildman–Crippen MR) is 92.8 cm³/mol. The Kier molecular flexibility index (Phi) is 5.21. The van der Waals surface area contributed by atoms with Gasteiger partial charge in [-0.1, -0.05) is 23.9 Å². The van der Waals surface area contributed by atoms with Crippen LogP contribution < -0.4 is 10.6 Å². The van der Waals surface area contributed by atoms with Crippen LogP contribution in [0.4, 0.5) is 9.59 Å². The second-order valence-electron chi connectivity index (χ2n) is 5.59. The highest BCUT2D eigenvalue weighted by Gasteiger charge is 2.34. The van der Waals surface area contributed by atoms with Crippen LogP contribution in [0.1, 0.15) is 20.7 Å². The molecule has 9 nitrogen and oxygen atoms in total. The molecule has 0 aromatic heterocycles. The van der Waals surface area contributed by atoms with Crippen molar-refractivity contribution in [3.63, 3.8) is 0 Å². The summed E-state index contributed by atoms with van der Waals surface area (Å²) in [4.78, 5) is 61.1. The van der Waals surface area contributed by atoms with E-state index < -0.39 is 6.03 Å². The van der Waals surface area contributed by atoms with Crippen LogP contribution in [0.15, 0.2) is 24.3 Å². The Morgan fingerprint density at radius 3 is 1.96 bits per heavy atom. The predicted octanol–water partition coefficient (Wildman–Crippen LogP) is 0.277. The van der Waals surface area contributed by atoms with Gasteiger partial charge in [-0.25, -0.2) is 4.79 Å². The smallest absolute Gasteiger partial charge is 0.314 e. The summed E-state index contributed by atoms with van der Waals surface area (Å²) in [5.41, 5.74) is 0.722. The largest absolute Gasteiger partial charge is 0.336 e. The molecule has 0 atom stereocenters. The molecule has 1 aromatic carbocycles. The minimum absolute atomic E-state index is 0.0551. The molecule has 2 heterocycles. The summed E-state index contributed by atoms with van der Waals surface area (Å²) in [6.45, 7) is 0.377. The number of hydrogen-bond donors (Lipinski definition) is 2. The number of nitrogens with zero attached hydrogens (tertiary/aromatic N) is 2. The summed E-state index contributed by atoms with van der Waals surface area (Å²) >= 11 is 0.935. The number of fused-ring (bicyclic) bond motifs is 1. The van der Waals surface area contributed by atoms with Crippen molar-refractivity contribution in [1.29, 1.82) is 0 Å². The molecule has 2 aliphatic heterocycles. The molecule has 0 spiro atoms. The number of carbonyl (C=O) groups excluding carboxylic acids is 5. The summed E-state index contributed by atoms with van der Waals surface area (Å²) in [7, 11) is 0. The third kappa shape index (κ3) is 3.54. The number of carbonyl (C=O) groups is 5. The van der Waals surface area contributed by atoms with Gasteiger partial charge in [0.25, 0.3) is 17.1 Å². The van der Waals surface area contributed by atoms with Crippen molar-refractivity contribution in [3.8, 4) is 0 Å². The molecule has 3 rings (SSSR count). The molecule has 1 aromatic rings. The van der Waals surface area contributed by atoms with Gasteiger partial charge in [0, 0.05) is 26.2 Å². The van der Waals surface area contributed by atoms with Crippen molar-refractivity contribution in [2.45, 2.75) is 0 Å². The van der Waals surface area contributed by atoms with Gasteiger partial charge in [0.05, 0.1) is 16.9 Å². The maximum atomic E-state index is 12.2. The van der Waals surface area contributed by atoms with Crippen molar-refractivity contribution < 1.29 is 24.0 Å². The van der Waals surface area contributed by atoms with E-state index >= 15 is 0 Å². The number of urea groups is 1. The zero-order chi connectivity index (χ0) is 18.7. The van der Waals surface area contributed by atoms with Crippen LogP contribution in [0, 0.1) is 0 Å². The molecule has 0 unspecified atom stereocenters. The van der Waals surface area contributed by atoms with E-state index in [1.807, 2.05) is 0 Å². The van der Waals surface area contributed by atoms with E-state index in [2.05, 4.69) is 10.6 Å². The quantitative estimate of drug-likeness (QED) is 0.689. The topological polar surface area (TPSA) is 116 Å². The molecule has 10 heteroatoms. The van der Waals surface area contributed by atoms with Gasteiger partial charge < -0.3 is 10.6 Å². The molecule has 136 valence electrons. The van der Waals surface area contributed by atoms with Crippen molar-refractivity contribution in [3.05, 3.63) is 35.4 Å². The first-order valence-electron chi connectivity index (χ1n) is 7.93. The van der Waals surface area contributed by atoms with Crippen LogP contribution in [0.2, 0.25) is 0 Å². The molecule has 1 saturated heterocycles. The molecule has 6 amide bonds. The van der Waals surface area contributed by atoms with Gasteiger partial charge in [-0.15, -0.1) is 0 Å². The fraction of sp³-hybridized carbons (Fsp3) is 0.312. The Hall–Kier alpha value is -2.88. The summed E-state index contributed by atoms with van der Waals surface area (Å²) in [6, 6.07) is 6.05. The fourth-order valence-corrected chi connectivity index (χ4v) is 3.42. The van der Waals surface area contributed by atoms with Crippen molar-refractivity contribution in [1.82, 2.24) is 20.4 Å². The summed E-state index contributed by atoms with van der Waals surface area (Å²) in [5.74, 6) is -0.897. The molecular formula is C16H16N4O5S. The Morgan fingerprint density at radius 1 is 0.923 bits per heavy atom. The standard InChI is InChI=1S/C16H16N4O5S/c21-12-9-26-16(25)19(12)7-5-17-15(24)18-6-8-20-13(22)10-3-1-2-4-11(10)14(20)23/h1-4H,5-9H2,(H2,17,18,24). The molecule has 26 heavy (non-hydrogen) atoms. The maximum absolute atomic E-state index is 12.2. The van der Waals surface area contributed by atoms with Gasteiger partial charge in [0.15, 0.2) is 0 Å². The monoisotopic (exact) mass is 376 g/mol. The minimum atomic E-state index is -0.506. The number of rotatable bonds is 6. The van der Waals surface area contributed by atoms with E-state index in [-0.39, 0.29) is 54.9 Å². The van der Waals surface area contributed by atoms with Crippen LogP contribution in [0.5, 0.6) is 0 Å². The van der Waals surface area contributed by atoms with Crippen LogP contribution in [-0.2, 0) is 4.79 Å². The third-order valence-corrected chi connectivity index (χ3v) is 4.82. The van der Waals surface area contributed by atoms with Crippen molar-refractivity contribution in [2.24, 2.45) is 0 Å². The van der Waals surface area contributed by atoms with E-state index in [1.54, 1.807) is 24.3 Å². The summed E-state index contributed by atoms with van der Waals surface area (Å²) in [5, 5.41) is 4.74. The highest BCUT2D eigenvalue weighted by Crippen LogP contribution is 2.21. The van der Waals surface area contributed by atoms with E-state index in [9.17, 15) is 24.0 Å². The van der Waals surface area contributed by atoms with E-state index in [0.717, 1.165) is 21.6 Å². The average Bonchev–Trinajstić information content (AvgIpc) is 3.07. The van der Waals surface area contributed by atoms with Crippen LogP contribution in [0.25, 0.3) is 0 Å². The van der Waals surface area contributed by atoms with E-state index in [4.69, 9.17) is 0 Å². The molecule has 0 radical (unpaired) electrons. The lowest BCUT2D eigenvalue weighted by atomic mass is 10.1. The van der Waals surface area contributed by atoms with Gasteiger partial charge in [0.2, 0.25) is 5.91 Å².